The molecule has 0 aliphatic rings. The van der Waals surface area contributed by atoms with E-state index in [9.17, 15) is 21.2 Å². The molecule has 0 aromatic heterocycles. The van der Waals surface area contributed by atoms with Gasteiger partial charge in [-0.3, -0.25) is 4.55 Å². The highest BCUT2D eigenvalue weighted by atomic mass is 32.3. The van der Waals surface area contributed by atoms with Crippen LogP contribution in [0.2, 0.25) is 0 Å². The Morgan fingerprint density at radius 3 is 1.55 bits per heavy atom. The van der Waals surface area contributed by atoms with E-state index in [2.05, 4.69) is 0 Å². The minimum absolute atomic E-state index is 0.262. The van der Waals surface area contributed by atoms with Gasteiger partial charge in [-0.1, -0.05) is 0 Å². The molecule has 1 N–H and O–H groups in total. The predicted molar refractivity (Wildman–Crippen MR) is 35.9 cm³/mol. The first-order chi connectivity index (χ1) is 4.50. The largest absolute Gasteiger partial charge is 0.330 e. The lowest BCUT2D eigenvalue weighted by Gasteiger charge is -2.13. The smallest absolute Gasteiger partial charge is 0.282 e. The van der Waals surface area contributed by atoms with Gasteiger partial charge < -0.3 is 0 Å². The van der Waals surface area contributed by atoms with Crippen molar-refractivity contribution in [2.24, 2.45) is 0 Å². The van der Waals surface area contributed by atoms with Crippen LogP contribution in [0.15, 0.2) is 0 Å². The summed E-state index contributed by atoms with van der Waals surface area (Å²) in [4.78, 5) is 0. The standard InChI is InChI=1S/C3H7FO5S2/c1-3(4,10(2,5)6)11(7,8)9/h1-2H3,(H,7,8,9). The number of halogens is 1. The lowest BCUT2D eigenvalue weighted by molar-refractivity contribution is 0.345. The van der Waals surface area contributed by atoms with Crippen molar-refractivity contribution in [3.63, 3.8) is 0 Å². The zero-order chi connectivity index (χ0) is 9.50. The first-order valence-corrected chi connectivity index (χ1v) is 5.69. The van der Waals surface area contributed by atoms with Gasteiger partial charge in [0.2, 0.25) is 0 Å². The molecule has 1 unspecified atom stereocenters. The monoisotopic (exact) mass is 206 g/mol. The van der Waals surface area contributed by atoms with Crippen molar-refractivity contribution in [1.29, 1.82) is 0 Å². The van der Waals surface area contributed by atoms with Crippen molar-refractivity contribution in [3.8, 4) is 0 Å². The summed E-state index contributed by atoms with van der Waals surface area (Å²) in [6.07, 6.45) is 0.376. The second-order valence-electron chi connectivity index (χ2n) is 2.08. The second kappa shape index (κ2) is 2.39. The maximum Gasteiger partial charge on any atom is 0.330 e. The lowest BCUT2D eigenvalue weighted by Crippen LogP contribution is -2.37. The van der Waals surface area contributed by atoms with Crippen LogP contribution < -0.4 is 0 Å². The Kier molecular flexibility index (Phi) is 2.34. The van der Waals surface area contributed by atoms with E-state index in [4.69, 9.17) is 4.55 Å². The molecule has 0 amide bonds. The highest BCUT2D eigenvalue weighted by Crippen LogP contribution is 2.23. The van der Waals surface area contributed by atoms with Gasteiger partial charge in [0.15, 0.2) is 9.84 Å². The van der Waals surface area contributed by atoms with Crippen molar-refractivity contribution in [2.75, 3.05) is 6.26 Å². The number of rotatable bonds is 2. The predicted octanol–water partition coefficient (Wildman–Crippen LogP) is -0.438. The average Bonchev–Trinajstić information content (AvgIpc) is 1.58. The zero-order valence-electron chi connectivity index (χ0n) is 5.77. The fraction of sp³-hybridized carbons (Fsp3) is 1.00. The molecule has 0 bridgehead atoms. The Bertz CT molecular complexity index is 302. The summed E-state index contributed by atoms with van der Waals surface area (Å²) in [5, 5.41) is 0. The third-order valence-corrected chi connectivity index (χ3v) is 4.91. The molecule has 0 aliphatic heterocycles. The topological polar surface area (TPSA) is 88.5 Å². The molecule has 0 aromatic rings. The summed E-state index contributed by atoms with van der Waals surface area (Å²) in [5.74, 6) is 0. The third-order valence-electron chi connectivity index (χ3n) is 1.12. The number of sulfone groups is 1. The van der Waals surface area contributed by atoms with E-state index in [1.165, 1.54) is 0 Å². The molecule has 0 saturated carbocycles. The molecule has 8 heteroatoms. The Balaban J connectivity index is 5.45. The Morgan fingerprint density at radius 1 is 1.27 bits per heavy atom. The van der Waals surface area contributed by atoms with Gasteiger partial charge in [-0.25, -0.2) is 12.8 Å². The molecule has 0 fully saturated rings. The van der Waals surface area contributed by atoms with E-state index in [1.54, 1.807) is 0 Å². The quantitative estimate of drug-likeness (QED) is 0.619. The van der Waals surface area contributed by atoms with Crippen molar-refractivity contribution in [2.45, 2.75) is 11.3 Å². The van der Waals surface area contributed by atoms with Crippen LogP contribution in [0.25, 0.3) is 0 Å². The van der Waals surface area contributed by atoms with Gasteiger partial charge in [-0.2, -0.15) is 8.42 Å². The molecule has 0 rings (SSSR count). The van der Waals surface area contributed by atoms with Gasteiger partial charge in [-0.15, -0.1) is 0 Å². The molecule has 0 heterocycles. The maximum absolute atomic E-state index is 12.7. The van der Waals surface area contributed by atoms with Crippen LogP contribution in [0.4, 0.5) is 4.39 Å². The summed E-state index contributed by atoms with van der Waals surface area (Å²) < 4.78 is 58.1. The van der Waals surface area contributed by atoms with Crippen LogP contribution in [0.5, 0.6) is 0 Å². The van der Waals surface area contributed by atoms with Gasteiger partial charge in [-0.05, 0) is 0 Å². The van der Waals surface area contributed by atoms with Gasteiger partial charge >= 0.3 is 14.5 Å². The Labute approximate surface area is 63.9 Å². The molecule has 11 heavy (non-hydrogen) atoms. The van der Waals surface area contributed by atoms with Gasteiger partial charge in [0.1, 0.15) is 0 Å². The highest BCUT2D eigenvalue weighted by molar-refractivity contribution is 8.07. The van der Waals surface area contributed by atoms with E-state index < -0.39 is 24.3 Å². The zero-order valence-corrected chi connectivity index (χ0v) is 7.41. The van der Waals surface area contributed by atoms with Crippen LogP contribution in [0, 0.1) is 0 Å². The van der Waals surface area contributed by atoms with E-state index in [0.29, 0.717) is 6.26 Å². The van der Waals surface area contributed by atoms with Gasteiger partial charge in [0.05, 0.1) is 0 Å². The van der Waals surface area contributed by atoms with E-state index in [-0.39, 0.29) is 6.92 Å². The normalized spacial score (nSPS) is 19.3. The maximum atomic E-state index is 12.7. The van der Waals surface area contributed by atoms with Crippen molar-refractivity contribution in [3.05, 3.63) is 0 Å². The Morgan fingerprint density at radius 2 is 1.55 bits per heavy atom. The fourth-order valence-corrected chi connectivity index (χ4v) is 1.72. The van der Waals surface area contributed by atoms with Crippen LogP contribution in [-0.4, -0.2) is 32.0 Å². The molecule has 0 radical (unpaired) electrons. The SMILES string of the molecule is CC(F)(S(C)(=O)=O)S(=O)(=O)O. The molecule has 0 saturated heterocycles. The summed E-state index contributed by atoms with van der Waals surface area (Å²) in [5.41, 5.74) is 0. The molecule has 1 atom stereocenters. The number of hydrogen-bond acceptors (Lipinski definition) is 4. The average molecular weight is 206 g/mol. The number of hydrogen-bond donors (Lipinski definition) is 1. The molecule has 0 aromatic carbocycles. The molecule has 68 valence electrons. The van der Waals surface area contributed by atoms with Crippen molar-refractivity contribution in [1.82, 2.24) is 0 Å². The first-order valence-electron chi connectivity index (χ1n) is 2.35. The minimum Gasteiger partial charge on any atom is -0.282 e. The van der Waals surface area contributed by atoms with Crippen LogP contribution >= 0.6 is 0 Å². The van der Waals surface area contributed by atoms with Crippen LogP contribution in [0.1, 0.15) is 6.92 Å². The molecule has 0 aliphatic carbocycles. The van der Waals surface area contributed by atoms with E-state index >= 15 is 0 Å². The van der Waals surface area contributed by atoms with E-state index in [1.807, 2.05) is 0 Å². The molecular formula is C3H7FO5S2. The van der Waals surface area contributed by atoms with Gasteiger partial charge in [0.25, 0.3) is 0 Å². The fourth-order valence-electron chi connectivity index (χ4n) is 0.191. The third kappa shape index (κ3) is 1.88. The lowest BCUT2D eigenvalue weighted by atomic mass is 10.9. The van der Waals surface area contributed by atoms with Gasteiger partial charge in [0, 0.05) is 13.2 Å². The molecule has 0 spiro atoms. The highest BCUT2D eigenvalue weighted by Gasteiger charge is 2.48. The van der Waals surface area contributed by atoms with Crippen molar-refractivity contribution < 1.29 is 25.8 Å². The van der Waals surface area contributed by atoms with Crippen LogP contribution in [0.3, 0.4) is 0 Å². The van der Waals surface area contributed by atoms with E-state index in [0.717, 1.165) is 0 Å². The minimum atomic E-state index is -5.21. The summed E-state index contributed by atoms with van der Waals surface area (Å²) >= 11 is 0. The molecule has 5 nitrogen and oxygen atoms in total. The van der Waals surface area contributed by atoms with Crippen molar-refractivity contribution >= 4 is 20.0 Å². The summed E-state index contributed by atoms with van der Waals surface area (Å²) in [6.45, 7) is 0.262. The molecular weight excluding hydrogens is 199 g/mol. The second-order valence-corrected chi connectivity index (χ2v) is 6.37. The number of alkyl halides is 1. The van der Waals surface area contributed by atoms with Crippen LogP contribution in [-0.2, 0) is 20.0 Å². The summed E-state index contributed by atoms with van der Waals surface area (Å²) in [6, 6.07) is 0. The Hall–Kier alpha value is -0.210. The first kappa shape index (κ1) is 10.8. The summed E-state index contributed by atoms with van der Waals surface area (Å²) in [7, 11) is -9.68.